The molecule has 0 bridgehead atoms. The molecule has 0 atom stereocenters. The molecule has 3 N–H and O–H groups in total. The van der Waals surface area contributed by atoms with Gasteiger partial charge < -0.3 is 20.5 Å². The number of halogens is 5. The van der Waals surface area contributed by atoms with Crippen LogP contribution in [0.3, 0.4) is 0 Å². The van der Waals surface area contributed by atoms with Crippen LogP contribution < -0.4 is 15.8 Å². The van der Waals surface area contributed by atoms with Crippen LogP contribution in [0, 0.1) is 0 Å². The maximum atomic E-state index is 12.4. The highest BCUT2D eigenvalue weighted by Gasteiger charge is 2.18. The number of nitrogens with one attached hydrogen (secondary N) is 1. The lowest BCUT2D eigenvalue weighted by atomic mass is 10.1. The van der Waals surface area contributed by atoms with Gasteiger partial charge in [-0.2, -0.15) is 0 Å². The maximum Gasteiger partial charge on any atom is 0.310 e. The van der Waals surface area contributed by atoms with E-state index in [2.05, 4.69) is 11.1 Å². The molecule has 0 unspecified atom stereocenters. The van der Waals surface area contributed by atoms with Crippen molar-refractivity contribution in [1.29, 1.82) is 0 Å². The van der Waals surface area contributed by atoms with Gasteiger partial charge in [0.25, 0.3) is 12.9 Å². The summed E-state index contributed by atoms with van der Waals surface area (Å²) in [6.45, 7) is 4.62. The summed E-state index contributed by atoms with van der Waals surface area (Å²) in [5, 5.41) is 3.05. The van der Waals surface area contributed by atoms with E-state index in [0.29, 0.717) is 22.0 Å². The van der Waals surface area contributed by atoms with E-state index in [1.54, 1.807) is 30.3 Å². The first-order valence-corrected chi connectivity index (χ1v) is 10.5. The number of benzene rings is 2. The summed E-state index contributed by atoms with van der Waals surface area (Å²) in [6, 6.07) is 12.2. The minimum absolute atomic E-state index is 0.0875. The van der Waals surface area contributed by atoms with E-state index in [0.717, 1.165) is 5.56 Å². The first kappa shape index (κ1) is 28.5. The molecule has 0 fully saturated rings. The Hall–Kier alpha value is -2.52. The summed E-state index contributed by atoms with van der Waals surface area (Å²) in [5.74, 6) is 0.209. The van der Waals surface area contributed by atoms with Gasteiger partial charge in [-0.15, -0.1) is 0 Å². The fraction of sp³-hybridized carbons (Fsp3) is 0.435. The van der Waals surface area contributed by atoms with Gasteiger partial charge in [0, 0.05) is 16.3 Å². The quantitative estimate of drug-likeness (QED) is 0.347. The Bertz CT molecular complexity index is 877. The van der Waals surface area contributed by atoms with Crippen LogP contribution in [-0.2, 0) is 22.6 Å². The highest BCUT2D eigenvalue weighted by molar-refractivity contribution is 6.30. The zero-order valence-electron chi connectivity index (χ0n) is 18.7. The Balaban J connectivity index is 0.000000981. The predicted molar refractivity (Wildman–Crippen MR) is 121 cm³/mol. The van der Waals surface area contributed by atoms with E-state index in [1.165, 1.54) is 0 Å². The normalized spacial score (nSPS) is 11.1. The van der Waals surface area contributed by atoms with Gasteiger partial charge in [-0.3, -0.25) is 4.79 Å². The topological polar surface area (TPSA) is 73.6 Å². The molecule has 0 spiro atoms. The second-order valence-electron chi connectivity index (χ2n) is 7.91. The van der Waals surface area contributed by atoms with Crippen molar-refractivity contribution in [2.45, 2.75) is 52.3 Å². The molecule has 33 heavy (non-hydrogen) atoms. The van der Waals surface area contributed by atoms with Crippen LogP contribution in [0.15, 0.2) is 42.5 Å². The van der Waals surface area contributed by atoms with Crippen molar-refractivity contribution in [2.75, 3.05) is 18.4 Å². The highest BCUT2D eigenvalue weighted by Crippen LogP contribution is 2.24. The van der Waals surface area contributed by atoms with Crippen LogP contribution in [0.4, 0.5) is 23.2 Å². The molecule has 2 aromatic carbocycles. The van der Waals surface area contributed by atoms with E-state index in [1.807, 2.05) is 32.9 Å². The number of ether oxygens (including phenoxy) is 2. The Labute approximate surface area is 196 Å². The molecule has 0 amide bonds. The van der Waals surface area contributed by atoms with Crippen LogP contribution in [-0.4, -0.2) is 37.5 Å². The summed E-state index contributed by atoms with van der Waals surface area (Å²) < 4.78 is 57.2. The molecule has 2 aromatic rings. The lowest BCUT2D eigenvalue weighted by Gasteiger charge is -2.20. The average molecular weight is 493 g/mol. The predicted octanol–water partition coefficient (Wildman–Crippen LogP) is 5.69. The number of para-hydroxylation sites is 1. The van der Waals surface area contributed by atoms with Gasteiger partial charge in [-0.1, -0.05) is 29.8 Å². The number of rotatable bonds is 9. The lowest BCUT2D eigenvalue weighted by Crippen LogP contribution is -2.25. The van der Waals surface area contributed by atoms with Crippen molar-refractivity contribution < 1.29 is 31.8 Å². The molecule has 2 rings (SSSR count). The molecular formula is C23H29ClF4N2O3. The molecule has 0 saturated heterocycles. The van der Waals surface area contributed by atoms with Gasteiger partial charge in [-0.25, -0.2) is 17.6 Å². The molecule has 184 valence electrons. The van der Waals surface area contributed by atoms with E-state index in [-0.39, 0.29) is 19.0 Å². The highest BCUT2D eigenvalue weighted by atomic mass is 35.5. The summed E-state index contributed by atoms with van der Waals surface area (Å²) in [5.41, 5.74) is 5.78. The molecule has 0 saturated carbocycles. The summed E-state index contributed by atoms with van der Waals surface area (Å²) in [7, 11) is 0. The van der Waals surface area contributed by atoms with Gasteiger partial charge in [0.05, 0.1) is 19.5 Å². The zero-order chi connectivity index (χ0) is 25.0. The minimum atomic E-state index is -2.46. The number of anilines is 1. The third kappa shape index (κ3) is 12.9. The van der Waals surface area contributed by atoms with Crippen LogP contribution in [0.5, 0.6) is 5.75 Å². The zero-order valence-corrected chi connectivity index (χ0v) is 19.5. The Morgan fingerprint density at radius 3 is 2.30 bits per heavy atom. The second kappa shape index (κ2) is 13.9. The Kier molecular flexibility index (Phi) is 12.0. The number of esters is 1. The first-order chi connectivity index (χ1) is 15.4. The van der Waals surface area contributed by atoms with Crippen LogP contribution >= 0.6 is 11.6 Å². The van der Waals surface area contributed by atoms with Crippen LogP contribution in [0.1, 0.15) is 31.9 Å². The number of hydrogen-bond donors (Lipinski definition) is 2. The smallest absolute Gasteiger partial charge is 0.310 e. The van der Waals surface area contributed by atoms with Crippen molar-refractivity contribution in [3.8, 4) is 5.75 Å². The number of alkyl halides is 4. The fourth-order valence-corrected chi connectivity index (χ4v) is 2.77. The summed E-state index contributed by atoms with van der Waals surface area (Å²) >= 11 is 6.06. The van der Waals surface area contributed by atoms with Crippen molar-refractivity contribution in [2.24, 2.45) is 5.73 Å². The van der Waals surface area contributed by atoms with Crippen molar-refractivity contribution in [3.05, 3.63) is 58.6 Å². The van der Waals surface area contributed by atoms with Gasteiger partial charge in [-0.05, 0) is 50.6 Å². The minimum Gasteiger partial charge on any atom is -0.489 e. The molecule has 0 heterocycles. The summed E-state index contributed by atoms with van der Waals surface area (Å²) in [6.07, 6.45) is -4.71. The number of carbonyl (C=O) groups excluding carboxylic acids is 1. The molecule has 0 aromatic heterocycles. The van der Waals surface area contributed by atoms with E-state index < -0.39 is 31.5 Å². The molecule has 0 aliphatic rings. The van der Waals surface area contributed by atoms with Gasteiger partial charge in [0.1, 0.15) is 18.0 Å². The molecule has 0 aliphatic carbocycles. The van der Waals surface area contributed by atoms with Gasteiger partial charge >= 0.3 is 5.97 Å². The standard InChI is InChI=1S/C21H24ClF2NO3.C2H5F2N/c1-21(2,3)28-20(26)10-15-6-4-5-7-18(15)27-13-14-8-16(22)11-17(9-14)25-12-19(23)24;3-2(4)1-5/h4-9,11,19,25H,10,12-13H2,1-3H3;2H,1,5H2. The number of carbonyl (C=O) groups is 1. The molecule has 10 heteroatoms. The fourth-order valence-electron chi connectivity index (χ4n) is 2.52. The molecule has 5 nitrogen and oxygen atoms in total. The van der Waals surface area contributed by atoms with E-state index in [4.69, 9.17) is 21.1 Å². The molecule has 0 aliphatic heterocycles. The monoisotopic (exact) mass is 492 g/mol. The second-order valence-corrected chi connectivity index (χ2v) is 8.34. The van der Waals surface area contributed by atoms with Crippen molar-refractivity contribution in [1.82, 2.24) is 0 Å². The molecular weight excluding hydrogens is 464 g/mol. The van der Waals surface area contributed by atoms with E-state index >= 15 is 0 Å². The van der Waals surface area contributed by atoms with E-state index in [9.17, 15) is 22.4 Å². The first-order valence-electron chi connectivity index (χ1n) is 10.1. The van der Waals surface area contributed by atoms with Gasteiger partial charge in [0.15, 0.2) is 0 Å². The van der Waals surface area contributed by atoms with Crippen molar-refractivity contribution >= 4 is 23.3 Å². The van der Waals surface area contributed by atoms with Crippen LogP contribution in [0.2, 0.25) is 5.02 Å². The van der Waals surface area contributed by atoms with Crippen LogP contribution in [0.25, 0.3) is 0 Å². The average Bonchev–Trinajstić information content (AvgIpc) is 2.70. The Morgan fingerprint density at radius 1 is 1.09 bits per heavy atom. The third-order valence-corrected chi connectivity index (χ3v) is 3.94. The largest absolute Gasteiger partial charge is 0.489 e. The molecule has 0 radical (unpaired) electrons. The lowest BCUT2D eigenvalue weighted by molar-refractivity contribution is -0.153. The summed E-state index contributed by atoms with van der Waals surface area (Å²) in [4.78, 5) is 12.1. The SMILES string of the molecule is CC(C)(C)OC(=O)Cc1ccccc1OCc1cc(Cl)cc(NCC(F)F)c1.NCC(F)F. The third-order valence-electron chi connectivity index (χ3n) is 3.72. The Morgan fingerprint density at radius 2 is 1.73 bits per heavy atom. The number of hydrogen-bond acceptors (Lipinski definition) is 5. The van der Waals surface area contributed by atoms with Gasteiger partial charge in [0.2, 0.25) is 0 Å². The maximum absolute atomic E-state index is 12.4. The number of nitrogens with two attached hydrogens (primary N) is 1. The van der Waals surface area contributed by atoms with Crippen molar-refractivity contribution in [3.63, 3.8) is 0 Å².